The van der Waals surface area contributed by atoms with Crippen LogP contribution in [0.4, 0.5) is 0 Å². The first-order valence-electron chi connectivity index (χ1n) is 8.41. The number of Topliss-reactive ketones (excluding diaryl/α,β-unsaturated/α-hetero) is 1. The Bertz CT molecular complexity index is 930. The van der Waals surface area contributed by atoms with E-state index in [2.05, 4.69) is 0 Å². The third kappa shape index (κ3) is 2.21. The summed E-state index contributed by atoms with van der Waals surface area (Å²) in [6, 6.07) is 10.3. The third-order valence-electron chi connectivity index (χ3n) is 5.28. The maximum Gasteiger partial charge on any atom is 0.225 e. The second-order valence-corrected chi connectivity index (χ2v) is 6.53. The summed E-state index contributed by atoms with van der Waals surface area (Å²) in [7, 11) is 4.50. The van der Waals surface area contributed by atoms with E-state index in [1.165, 1.54) is 21.3 Å². The number of ketones is 1. The number of fused-ring (bicyclic) bond motifs is 2. The normalized spacial score (nSPS) is 24.9. The Morgan fingerprint density at radius 3 is 2.26 bits per heavy atom. The molecular weight excluding hydrogens is 350 g/mol. The van der Waals surface area contributed by atoms with Crippen LogP contribution in [0.2, 0.25) is 0 Å². The van der Waals surface area contributed by atoms with Gasteiger partial charge >= 0.3 is 0 Å². The van der Waals surface area contributed by atoms with Crippen molar-refractivity contribution in [1.82, 2.24) is 0 Å². The van der Waals surface area contributed by atoms with Crippen molar-refractivity contribution in [2.75, 3.05) is 21.3 Å². The summed E-state index contributed by atoms with van der Waals surface area (Å²) in [4.78, 5) is 25.1. The molecule has 3 atom stereocenters. The molecule has 7 heteroatoms. The number of primary amides is 1. The molecular formula is C20H19NO6. The van der Waals surface area contributed by atoms with Gasteiger partial charge in [0.2, 0.25) is 11.7 Å². The Labute approximate surface area is 156 Å². The van der Waals surface area contributed by atoms with Crippen molar-refractivity contribution >= 4 is 11.7 Å². The van der Waals surface area contributed by atoms with Crippen LogP contribution in [0.3, 0.4) is 0 Å². The van der Waals surface area contributed by atoms with E-state index in [0.717, 1.165) is 0 Å². The summed E-state index contributed by atoms with van der Waals surface area (Å²) in [6.45, 7) is 0. The average Bonchev–Trinajstić information content (AvgIpc) is 3.37. The largest absolute Gasteiger partial charge is 0.493 e. The molecule has 1 fully saturated rings. The monoisotopic (exact) mass is 369 g/mol. The van der Waals surface area contributed by atoms with E-state index < -0.39 is 23.3 Å². The number of carbonyl (C=O) groups excluding carboxylic acids is 2. The summed E-state index contributed by atoms with van der Waals surface area (Å²) >= 11 is 0. The summed E-state index contributed by atoms with van der Waals surface area (Å²) in [5.41, 5.74) is 5.47. The summed E-state index contributed by atoms with van der Waals surface area (Å²) in [5.74, 6) is -0.556. The molecule has 4 rings (SSSR count). The van der Waals surface area contributed by atoms with Crippen LogP contribution in [0.1, 0.15) is 15.9 Å². The van der Waals surface area contributed by atoms with Gasteiger partial charge in [-0.2, -0.15) is 0 Å². The van der Waals surface area contributed by atoms with Crippen molar-refractivity contribution in [3.05, 3.63) is 47.5 Å². The van der Waals surface area contributed by atoms with E-state index in [0.29, 0.717) is 34.1 Å². The summed E-state index contributed by atoms with van der Waals surface area (Å²) in [6.07, 6.45) is 0. The second kappa shape index (κ2) is 5.90. The zero-order chi connectivity index (χ0) is 19.3. The highest BCUT2D eigenvalue weighted by Gasteiger charge is 2.76. The van der Waals surface area contributed by atoms with Gasteiger partial charge in [0, 0.05) is 5.56 Å². The van der Waals surface area contributed by atoms with Crippen molar-refractivity contribution in [1.29, 1.82) is 0 Å². The van der Waals surface area contributed by atoms with Crippen molar-refractivity contribution < 1.29 is 28.5 Å². The van der Waals surface area contributed by atoms with Gasteiger partial charge in [-0.3, -0.25) is 9.59 Å². The molecule has 0 aromatic heterocycles. The van der Waals surface area contributed by atoms with Crippen molar-refractivity contribution in [2.24, 2.45) is 17.6 Å². The van der Waals surface area contributed by atoms with Crippen molar-refractivity contribution in [2.45, 2.75) is 5.60 Å². The first-order valence-corrected chi connectivity index (χ1v) is 8.41. The lowest BCUT2D eigenvalue weighted by Gasteiger charge is -2.27. The van der Waals surface area contributed by atoms with E-state index in [9.17, 15) is 9.59 Å². The van der Waals surface area contributed by atoms with Crippen molar-refractivity contribution in [3.8, 4) is 23.0 Å². The molecule has 7 nitrogen and oxygen atoms in total. The van der Waals surface area contributed by atoms with Gasteiger partial charge in [-0.05, 0) is 24.3 Å². The first-order chi connectivity index (χ1) is 13.0. The molecule has 0 bridgehead atoms. The number of hydrogen-bond acceptors (Lipinski definition) is 6. The van der Waals surface area contributed by atoms with E-state index in [4.69, 9.17) is 24.7 Å². The number of hydrogen-bond donors (Lipinski definition) is 1. The Hall–Kier alpha value is -3.22. The fourth-order valence-corrected chi connectivity index (χ4v) is 4.05. The molecule has 1 amide bonds. The van der Waals surface area contributed by atoms with E-state index in [1.54, 1.807) is 36.4 Å². The van der Waals surface area contributed by atoms with Gasteiger partial charge in [0.05, 0.1) is 38.7 Å². The van der Waals surface area contributed by atoms with Crippen LogP contribution in [0.5, 0.6) is 23.0 Å². The highest BCUT2D eigenvalue weighted by Crippen LogP contribution is 2.65. The minimum Gasteiger partial charge on any atom is -0.493 e. The van der Waals surface area contributed by atoms with Gasteiger partial charge < -0.3 is 24.7 Å². The predicted molar refractivity (Wildman–Crippen MR) is 95.4 cm³/mol. The highest BCUT2D eigenvalue weighted by atomic mass is 16.5. The Morgan fingerprint density at radius 2 is 1.70 bits per heavy atom. The smallest absolute Gasteiger partial charge is 0.225 e. The van der Waals surface area contributed by atoms with Crippen LogP contribution in [-0.4, -0.2) is 33.0 Å². The fourth-order valence-electron chi connectivity index (χ4n) is 4.05. The van der Waals surface area contributed by atoms with Crippen LogP contribution in [0, 0.1) is 11.8 Å². The van der Waals surface area contributed by atoms with Crippen LogP contribution in [0.25, 0.3) is 0 Å². The van der Waals surface area contributed by atoms with Crippen LogP contribution < -0.4 is 24.7 Å². The quantitative estimate of drug-likeness (QED) is 0.865. The molecule has 2 aliphatic rings. The molecule has 0 radical (unpaired) electrons. The number of carbonyl (C=O) groups is 2. The molecule has 1 saturated carbocycles. The van der Waals surface area contributed by atoms with E-state index in [-0.39, 0.29) is 5.78 Å². The fraction of sp³-hybridized carbons (Fsp3) is 0.300. The number of amides is 1. The molecule has 3 unspecified atom stereocenters. The summed E-state index contributed by atoms with van der Waals surface area (Å²) in [5, 5.41) is 0. The van der Waals surface area contributed by atoms with Gasteiger partial charge in [-0.1, -0.05) is 12.1 Å². The number of rotatable bonds is 5. The minimum atomic E-state index is -1.18. The molecule has 2 N–H and O–H groups in total. The number of nitrogens with two attached hydrogens (primary N) is 1. The maximum absolute atomic E-state index is 13.0. The number of para-hydroxylation sites is 1. The lowest BCUT2D eigenvalue weighted by molar-refractivity contribution is -0.120. The SMILES string of the molecule is COc1cc(C23Oc4ccccc4C(=O)C2C3C(N)=O)cc(OC)c1OC. The van der Waals surface area contributed by atoms with Gasteiger partial charge in [-0.15, -0.1) is 0 Å². The van der Waals surface area contributed by atoms with Crippen molar-refractivity contribution in [3.63, 3.8) is 0 Å². The van der Waals surface area contributed by atoms with Gasteiger partial charge in [0.15, 0.2) is 22.9 Å². The minimum absolute atomic E-state index is 0.158. The number of methoxy groups -OCH3 is 3. The number of ether oxygens (including phenoxy) is 4. The standard InChI is InChI=1S/C20H19NO6/c1-24-13-8-10(9-14(25-2)18(13)26-3)20-15(16(20)19(21)23)17(22)11-6-4-5-7-12(11)27-20/h4-9,15-16H,1-3H3,(H2,21,23). The Balaban J connectivity index is 1.92. The number of benzene rings is 2. The van der Waals surface area contributed by atoms with Gasteiger partial charge in [-0.25, -0.2) is 0 Å². The Morgan fingerprint density at radius 1 is 1.07 bits per heavy atom. The van der Waals surface area contributed by atoms with Crippen LogP contribution in [-0.2, 0) is 10.4 Å². The molecule has 1 aliphatic heterocycles. The highest BCUT2D eigenvalue weighted by molar-refractivity contribution is 6.08. The molecule has 1 heterocycles. The van der Waals surface area contributed by atoms with Gasteiger partial charge in [0.25, 0.3) is 0 Å². The zero-order valence-corrected chi connectivity index (χ0v) is 15.1. The lowest BCUT2D eigenvalue weighted by Crippen LogP contribution is -2.30. The predicted octanol–water partition coefficient (Wildman–Crippen LogP) is 1.91. The van der Waals surface area contributed by atoms with Gasteiger partial charge in [0.1, 0.15) is 5.75 Å². The molecule has 2 aromatic rings. The molecule has 0 saturated heterocycles. The lowest BCUT2D eigenvalue weighted by atomic mass is 9.95. The molecule has 140 valence electrons. The molecule has 27 heavy (non-hydrogen) atoms. The summed E-state index contributed by atoms with van der Waals surface area (Å²) < 4.78 is 22.4. The second-order valence-electron chi connectivity index (χ2n) is 6.53. The van der Waals surface area contributed by atoms with E-state index in [1.807, 2.05) is 0 Å². The zero-order valence-electron chi connectivity index (χ0n) is 15.1. The maximum atomic E-state index is 13.0. The molecule has 1 aliphatic carbocycles. The van der Waals surface area contributed by atoms with E-state index >= 15 is 0 Å². The third-order valence-corrected chi connectivity index (χ3v) is 5.28. The molecule has 2 aromatic carbocycles. The average molecular weight is 369 g/mol. The Kier molecular flexibility index (Phi) is 3.76. The molecule has 0 spiro atoms. The topological polar surface area (TPSA) is 97.1 Å². The van der Waals surface area contributed by atoms with Crippen LogP contribution >= 0.6 is 0 Å². The van der Waals surface area contributed by atoms with Crippen LogP contribution in [0.15, 0.2) is 36.4 Å². The first kappa shape index (κ1) is 17.2.